The number of nitro groups is 1. The second-order valence-electron chi connectivity index (χ2n) is 2.98. The summed E-state index contributed by atoms with van der Waals surface area (Å²) in [7, 11) is 0. The average molecular weight is 278 g/mol. The molecule has 0 heterocycles. The van der Waals surface area contributed by atoms with Crippen molar-refractivity contribution in [3.05, 3.63) is 39.9 Å². The van der Waals surface area contributed by atoms with Gasteiger partial charge in [0.05, 0.1) is 4.92 Å². The highest BCUT2D eigenvalue weighted by molar-refractivity contribution is 7.99. The van der Waals surface area contributed by atoms with Gasteiger partial charge in [0.2, 0.25) is 0 Å². The molecular formula is C9H8ClNO5S. The zero-order valence-corrected chi connectivity index (χ0v) is 9.98. The number of aliphatic hydroxyl groups excluding tert-OH is 1. The lowest BCUT2D eigenvalue weighted by atomic mass is 10.2. The number of halogens is 1. The van der Waals surface area contributed by atoms with Gasteiger partial charge in [-0.2, -0.15) is 0 Å². The summed E-state index contributed by atoms with van der Waals surface area (Å²) in [4.78, 5) is 20.6. The molecule has 0 amide bonds. The topological polar surface area (TPSA) is 89.7 Å². The van der Waals surface area contributed by atoms with Gasteiger partial charge in [-0.05, 0) is 5.56 Å². The van der Waals surface area contributed by atoms with Gasteiger partial charge < -0.3 is 9.40 Å². The van der Waals surface area contributed by atoms with Crippen molar-refractivity contribution < 1.29 is 19.1 Å². The number of thioether (sulfide) groups is 1. The Morgan fingerprint density at radius 3 is 2.59 bits per heavy atom. The van der Waals surface area contributed by atoms with E-state index in [1.54, 1.807) is 12.1 Å². The Morgan fingerprint density at radius 1 is 1.53 bits per heavy atom. The molecular weight excluding hydrogens is 270 g/mol. The third-order valence-electron chi connectivity index (χ3n) is 1.83. The van der Waals surface area contributed by atoms with Crippen molar-refractivity contribution in [3.8, 4) is 0 Å². The first-order chi connectivity index (χ1) is 8.04. The SMILES string of the molecule is O=C(OCl)C(O)SCc1ccc([N+](=O)[O-])cc1. The second-order valence-corrected chi connectivity index (χ2v) is 4.21. The second kappa shape index (κ2) is 6.43. The number of hydrogen-bond donors (Lipinski definition) is 1. The lowest BCUT2D eigenvalue weighted by molar-refractivity contribution is -0.384. The van der Waals surface area contributed by atoms with Crippen LogP contribution in [0.4, 0.5) is 5.69 Å². The van der Waals surface area contributed by atoms with E-state index in [9.17, 15) is 20.0 Å². The smallest absolute Gasteiger partial charge is 0.363 e. The first-order valence-corrected chi connectivity index (χ1v) is 5.75. The first kappa shape index (κ1) is 13.8. The van der Waals surface area contributed by atoms with Crippen LogP contribution in [0.3, 0.4) is 0 Å². The molecule has 0 aliphatic heterocycles. The molecule has 1 N–H and O–H groups in total. The molecule has 1 unspecified atom stereocenters. The van der Waals surface area contributed by atoms with E-state index < -0.39 is 16.3 Å². The summed E-state index contributed by atoms with van der Waals surface area (Å²) < 4.78 is 3.82. The van der Waals surface area contributed by atoms with Gasteiger partial charge in [0, 0.05) is 17.9 Å². The number of carbonyl (C=O) groups excluding carboxylic acids is 1. The Kier molecular flexibility index (Phi) is 5.20. The van der Waals surface area contributed by atoms with Crippen LogP contribution in [0.1, 0.15) is 5.56 Å². The Hall–Kier alpha value is -1.31. The highest BCUT2D eigenvalue weighted by atomic mass is 35.5. The summed E-state index contributed by atoms with van der Waals surface area (Å²) >= 11 is 5.69. The molecule has 0 aromatic heterocycles. The maximum Gasteiger partial charge on any atom is 0.363 e. The summed E-state index contributed by atoms with van der Waals surface area (Å²) in [6.45, 7) is 0. The maximum absolute atomic E-state index is 10.8. The fourth-order valence-electron chi connectivity index (χ4n) is 0.995. The van der Waals surface area contributed by atoms with Crippen LogP contribution in [-0.2, 0) is 14.8 Å². The van der Waals surface area contributed by atoms with Gasteiger partial charge in [-0.1, -0.05) is 12.1 Å². The minimum absolute atomic E-state index is 0.0144. The normalized spacial score (nSPS) is 11.9. The summed E-state index contributed by atoms with van der Waals surface area (Å²) in [6, 6.07) is 5.79. The molecule has 1 atom stereocenters. The molecule has 0 saturated carbocycles. The fourth-order valence-corrected chi connectivity index (χ4v) is 1.86. The molecule has 0 aliphatic carbocycles. The van der Waals surface area contributed by atoms with Gasteiger partial charge >= 0.3 is 5.97 Å². The lowest BCUT2D eigenvalue weighted by Crippen LogP contribution is -2.16. The van der Waals surface area contributed by atoms with Gasteiger partial charge in [0.1, 0.15) is 11.9 Å². The lowest BCUT2D eigenvalue weighted by Gasteiger charge is -2.06. The molecule has 0 spiro atoms. The third kappa shape index (κ3) is 4.22. The van der Waals surface area contributed by atoms with E-state index in [0.717, 1.165) is 17.3 Å². The van der Waals surface area contributed by atoms with Crippen molar-refractivity contribution >= 4 is 35.3 Å². The summed E-state index contributed by atoms with van der Waals surface area (Å²) in [6.07, 6.45) is 0. The summed E-state index contributed by atoms with van der Waals surface area (Å²) in [5.41, 5.74) is -0.649. The maximum atomic E-state index is 10.8. The number of hydrogen-bond acceptors (Lipinski definition) is 6. The van der Waals surface area contributed by atoms with E-state index in [2.05, 4.69) is 4.29 Å². The molecule has 0 fully saturated rings. The van der Waals surface area contributed by atoms with E-state index in [-0.39, 0.29) is 5.69 Å². The number of nitrogens with zero attached hydrogens (tertiary/aromatic N) is 1. The molecule has 1 aromatic rings. The molecule has 6 nitrogen and oxygen atoms in total. The number of rotatable bonds is 5. The summed E-state index contributed by atoms with van der Waals surface area (Å²) in [5.74, 6) is -0.635. The minimum atomic E-state index is -1.37. The van der Waals surface area contributed by atoms with E-state index in [0.29, 0.717) is 5.75 Å². The number of non-ortho nitro benzene ring substituents is 1. The van der Waals surface area contributed by atoms with E-state index in [1.807, 2.05) is 0 Å². The molecule has 92 valence electrons. The number of carbonyl (C=O) groups is 1. The van der Waals surface area contributed by atoms with Crippen LogP contribution in [0.2, 0.25) is 0 Å². The molecule has 0 saturated heterocycles. The van der Waals surface area contributed by atoms with E-state index >= 15 is 0 Å². The number of nitro benzene ring substituents is 1. The van der Waals surface area contributed by atoms with Crippen LogP contribution in [-0.4, -0.2) is 21.4 Å². The molecule has 8 heteroatoms. The first-order valence-electron chi connectivity index (χ1n) is 4.40. The Bertz CT molecular complexity index is 410. The van der Waals surface area contributed by atoms with Crippen LogP contribution >= 0.6 is 23.6 Å². The predicted molar refractivity (Wildman–Crippen MR) is 62.3 cm³/mol. The monoisotopic (exact) mass is 277 g/mol. The molecule has 1 aromatic carbocycles. The van der Waals surface area contributed by atoms with E-state index in [4.69, 9.17) is 11.9 Å². The Labute approximate surface area is 106 Å². The summed E-state index contributed by atoms with van der Waals surface area (Å²) in [5, 5.41) is 19.6. The van der Waals surface area contributed by atoms with E-state index in [1.165, 1.54) is 12.1 Å². The molecule has 1 rings (SSSR count). The van der Waals surface area contributed by atoms with Gasteiger partial charge in [-0.25, -0.2) is 4.79 Å². The van der Waals surface area contributed by atoms with Crippen LogP contribution in [0.25, 0.3) is 0 Å². The predicted octanol–water partition coefficient (Wildman–Crippen LogP) is 1.84. The number of benzene rings is 1. The van der Waals surface area contributed by atoms with Gasteiger partial charge in [0.25, 0.3) is 5.69 Å². The van der Waals surface area contributed by atoms with Gasteiger partial charge in [-0.15, -0.1) is 11.8 Å². The van der Waals surface area contributed by atoms with Crippen molar-refractivity contribution in [2.75, 3.05) is 0 Å². The van der Waals surface area contributed by atoms with Crippen molar-refractivity contribution in [2.24, 2.45) is 0 Å². The minimum Gasteiger partial charge on any atom is -0.372 e. The van der Waals surface area contributed by atoms with Crippen LogP contribution < -0.4 is 0 Å². The van der Waals surface area contributed by atoms with Crippen LogP contribution in [0, 0.1) is 10.1 Å². The highest BCUT2D eigenvalue weighted by Gasteiger charge is 2.16. The zero-order chi connectivity index (χ0) is 12.8. The average Bonchev–Trinajstić information content (AvgIpc) is 2.35. The zero-order valence-electron chi connectivity index (χ0n) is 8.41. The van der Waals surface area contributed by atoms with Crippen molar-refractivity contribution in [1.82, 2.24) is 0 Å². The largest absolute Gasteiger partial charge is 0.372 e. The molecule has 0 bridgehead atoms. The Balaban J connectivity index is 2.53. The van der Waals surface area contributed by atoms with Gasteiger partial charge in [-0.3, -0.25) is 10.1 Å². The molecule has 0 aliphatic rings. The molecule has 0 radical (unpaired) electrons. The van der Waals surface area contributed by atoms with Crippen molar-refractivity contribution in [3.63, 3.8) is 0 Å². The van der Waals surface area contributed by atoms with Crippen LogP contribution in [0.15, 0.2) is 24.3 Å². The molecule has 17 heavy (non-hydrogen) atoms. The highest BCUT2D eigenvalue weighted by Crippen LogP contribution is 2.19. The van der Waals surface area contributed by atoms with Crippen molar-refractivity contribution in [1.29, 1.82) is 0 Å². The Morgan fingerprint density at radius 2 is 2.12 bits per heavy atom. The third-order valence-corrected chi connectivity index (χ3v) is 2.99. The van der Waals surface area contributed by atoms with Crippen LogP contribution in [0.5, 0.6) is 0 Å². The standard InChI is InChI=1S/C9H8ClNO5S/c10-16-8(12)9(13)17-5-6-1-3-7(4-2-6)11(14)15/h1-4,9,13H,5H2. The fraction of sp³-hybridized carbons (Fsp3) is 0.222. The van der Waals surface area contributed by atoms with Gasteiger partial charge in [0.15, 0.2) is 5.44 Å². The number of aliphatic hydroxyl groups is 1. The van der Waals surface area contributed by atoms with Crippen molar-refractivity contribution in [2.45, 2.75) is 11.2 Å². The quantitative estimate of drug-likeness (QED) is 0.502.